The zero-order valence-corrected chi connectivity index (χ0v) is 12.5. The fourth-order valence-electron chi connectivity index (χ4n) is 2.86. The van der Waals surface area contributed by atoms with Crippen LogP contribution < -0.4 is 15.0 Å². The summed E-state index contributed by atoms with van der Waals surface area (Å²) in [6.07, 6.45) is 3.51. The van der Waals surface area contributed by atoms with Crippen LogP contribution in [-0.4, -0.2) is 50.3 Å². The van der Waals surface area contributed by atoms with E-state index in [9.17, 15) is 4.79 Å². The average molecular weight is 289 g/mol. The third-order valence-electron chi connectivity index (χ3n) is 4.43. The summed E-state index contributed by atoms with van der Waals surface area (Å²) in [4.78, 5) is 16.3. The third kappa shape index (κ3) is 3.06. The zero-order valence-electron chi connectivity index (χ0n) is 12.5. The summed E-state index contributed by atoms with van der Waals surface area (Å²) in [5, 5.41) is 3.11. The molecule has 5 nitrogen and oxygen atoms in total. The van der Waals surface area contributed by atoms with Crippen LogP contribution in [0.4, 0.5) is 10.5 Å². The lowest BCUT2D eigenvalue weighted by Gasteiger charge is -2.38. The molecule has 2 fully saturated rings. The molecule has 114 valence electrons. The summed E-state index contributed by atoms with van der Waals surface area (Å²) >= 11 is 0. The Hall–Kier alpha value is -1.91. The Kier molecular flexibility index (Phi) is 4.18. The highest BCUT2D eigenvalue weighted by molar-refractivity contribution is 5.75. The molecule has 0 atom stereocenters. The van der Waals surface area contributed by atoms with Crippen molar-refractivity contribution in [1.29, 1.82) is 0 Å². The van der Waals surface area contributed by atoms with Crippen LogP contribution in [0.3, 0.4) is 0 Å². The van der Waals surface area contributed by atoms with Gasteiger partial charge in [-0.15, -0.1) is 0 Å². The molecule has 3 rings (SSSR count). The molecule has 0 unspecified atom stereocenters. The molecule has 5 heteroatoms. The number of benzene rings is 1. The fourth-order valence-corrected chi connectivity index (χ4v) is 2.86. The van der Waals surface area contributed by atoms with E-state index in [-0.39, 0.29) is 6.03 Å². The number of ether oxygens (including phenoxy) is 1. The SMILES string of the molecule is COc1ccccc1N1CCN(C(=O)NC2CCC2)CC1. The molecule has 21 heavy (non-hydrogen) atoms. The van der Waals surface area contributed by atoms with E-state index in [0.717, 1.165) is 50.5 Å². The molecule has 2 amide bonds. The molecular formula is C16H23N3O2. The van der Waals surface area contributed by atoms with Crippen molar-refractivity contribution in [3.63, 3.8) is 0 Å². The average Bonchev–Trinajstić information content (AvgIpc) is 2.51. The van der Waals surface area contributed by atoms with Gasteiger partial charge < -0.3 is 19.9 Å². The van der Waals surface area contributed by atoms with Gasteiger partial charge in [0.2, 0.25) is 0 Å². The second-order valence-electron chi connectivity index (χ2n) is 5.72. The maximum Gasteiger partial charge on any atom is 0.317 e. The van der Waals surface area contributed by atoms with Gasteiger partial charge in [-0.2, -0.15) is 0 Å². The van der Waals surface area contributed by atoms with Gasteiger partial charge in [0, 0.05) is 32.2 Å². The number of nitrogens with zero attached hydrogens (tertiary/aromatic N) is 2. The van der Waals surface area contributed by atoms with E-state index in [0.29, 0.717) is 6.04 Å². The quantitative estimate of drug-likeness (QED) is 0.926. The van der Waals surface area contributed by atoms with Crippen LogP contribution in [0.15, 0.2) is 24.3 Å². The minimum absolute atomic E-state index is 0.0966. The number of hydrogen-bond acceptors (Lipinski definition) is 3. The van der Waals surface area contributed by atoms with Crippen molar-refractivity contribution in [3.05, 3.63) is 24.3 Å². The summed E-state index contributed by atoms with van der Waals surface area (Å²) in [5.41, 5.74) is 1.11. The Morgan fingerprint density at radius 1 is 1.19 bits per heavy atom. The summed E-state index contributed by atoms with van der Waals surface area (Å²) in [5.74, 6) is 0.893. The van der Waals surface area contributed by atoms with Crippen LogP contribution in [0.25, 0.3) is 0 Å². The van der Waals surface area contributed by atoms with Gasteiger partial charge >= 0.3 is 6.03 Å². The molecule has 1 aliphatic carbocycles. The summed E-state index contributed by atoms with van der Waals surface area (Å²) in [6, 6.07) is 8.55. The normalized spacial score (nSPS) is 19.1. The Bertz CT molecular complexity index is 494. The van der Waals surface area contributed by atoms with Crippen LogP contribution in [0.2, 0.25) is 0 Å². The van der Waals surface area contributed by atoms with Gasteiger partial charge in [-0.25, -0.2) is 4.79 Å². The number of piperazine rings is 1. The van der Waals surface area contributed by atoms with Gasteiger partial charge in [-0.05, 0) is 31.4 Å². The first-order valence-corrected chi connectivity index (χ1v) is 7.71. The highest BCUT2D eigenvalue weighted by Gasteiger charge is 2.26. The van der Waals surface area contributed by atoms with Crippen LogP contribution in [0.1, 0.15) is 19.3 Å². The van der Waals surface area contributed by atoms with Gasteiger partial charge in [0.15, 0.2) is 0 Å². The molecule has 0 bridgehead atoms. The first-order valence-electron chi connectivity index (χ1n) is 7.71. The topological polar surface area (TPSA) is 44.8 Å². The van der Waals surface area contributed by atoms with Crippen molar-refractivity contribution in [1.82, 2.24) is 10.2 Å². The lowest BCUT2D eigenvalue weighted by Crippen LogP contribution is -2.54. The highest BCUT2D eigenvalue weighted by Crippen LogP contribution is 2.28. The molecule has 0 radical (unpaired) electrons. The van der Waals surface area contributed by atoms with Gasteiger partial charge in [-0.3, -0.25) is 0 Å². The lowest BCUT2D eigenvalue weighted by atomic mass is 9.93. The second-order valence-corrected chi connectivity index (χ2v) is 5.72. The highest BCUT2D eigenvalue weighted by atomic mass is 16.5. The number of nitrogens with one attached hydrogen (secondary N) is 1. The van der Waals surface area contributed by atoms with Crippen molar-refractivity contribution in [2.45, 2.75) is 25.3 Å². The van der Waals surface area contributed by atoms with E-state index in [1.807, 2.05) is 23.1 Å². The van der Waals surface area contributed by atoms with Crippen molar-refractivity contribution in [2.24, 2.45) is 0 Å². The second kappa shape index (κ2) is 6.24. The molecule has 1 saturated carbocycles. The molecule has 1 aliphatic heterocycles. The number of amides is 2. The number of rotatable bonds is 3. The molecule has 2 aliphatic rings. The smallest absolute Gasteiger partial charge is 0.317 e. The number of hydrogen-bond donors (Lipinski definition) is 1. The molecule has 0 spiro atoms. The van der Waals surface area contributed by atoms with Gasteiger partial charge in [0.25, 0.3) is 0 Å². The van der Waals surface area contributed by atoms with E-state index in [4.69, 9.17) is 4.74 Å². The van der Waals surface area contributed by atoms with E-state index >= 15 is 0 Å². The largest absolute Gasteiger partial charge is 0.495 e. The Morgan fingerprint density at radius 2 is 1.90 bits per heavy atom. The molecule has 1 aromatic rings. The monoisotopic (exact) mass is 289 g/mol. The molecular weight excluding hydrogens is 266 g/mol. The Labute approximate surface area is 125 Å². The van der Waals surface area contributed by atoms with Crippen LogP contribution in [0.5, 0.6) is 5.75 Å². The fraction of sp³-hybridized carbons (Fsp3) is 0.562. The van der Waals surface area contributed by atoms with E-state index < -0.39 is 0 Å². The number of methoxy groups -OCH3 is 1. The first kappa shape index (κ1) is 14.0. The maximum atomic E-state index is 12.1. The predicted octanol–water partition coefficient (Wildman–Crippen LogP) is 2.08. The number of para-hydroxylation sites is 2. The Balaban J connectivity index is 1.55. The number of carbonyl (C=O) groups is 1. The van der Waals surface area contributed by atoms with Crippen LogP contribution in [0, 0.1) is 0 Å². The molecule has 0 aromatic heterocycles. The van der Waals surface area contributed by atoms with Gasteiger partial charge in [0.05, 0.1) is 12.8 Å². The summed E-state index contributed by atoms with van der Waals surface area (Å²) in [7, 11) is 1.70. The third-order valence-corrected chi connectivity index (χ3v) is 4.43. The van der Waals surface area contributed by atoms with Crippen molar-refractivity contribution >= 4 is 11.7 Å². The maximum absolute atomic E-state index is 12.1. The van der Waals surface area contributed by atoms with E-state index in [2.05, 4.69) is 16.3 Å². The number of carbonyl (C=O) groups excluding carboxylic acids is 1. The van der Waals surface area contributed by atoms with Crippen LogP contribution >= 0.6 is 0 Å². The lowest BCUT2D eigenvalue weighted by molar-refractivity contribution is 0.183. The van der Waals surface area contributed by atoms with E-state index in [1.165, 1.54) is 6.42 Å². The number of urea groups is 1. The minimum Gasteiger partial charge on any atom is -0.495 e. The molecule has 1 N–H and O–H groups in total. The van der Waals surface area contributed by atoms with Gasteiger partial charge in [0.1, 0.15) is 5.75 Å². The van der Waals surface area contributed by atoms with Crippen LogP contribution in [-0.2, 0) is 0 Å². The van der Waals surface area contributed by atoms with Gasteiger partial charge in [-0.1, -0.05) is 12.1 Å². The van der Waals surface area contributed by atoms with Crippen molar-refractivity contribution in [2.75, 3.05) is 38.2 Å². The molecule has 1 heterocycles. The first-order chi connectivity index (χ1) is 10.3. The van der Waals surface area contributed by atoms with Crippen molar-refractivity contribution < 1.29 is 9.53 Å². The molecule has 1 aromatic carbocycles. The summed E-state index contributed by atoms with van der Waals surface area (Å²) in [6.45, 7) is 3.21. The van der Waals surface area contributed by atoms with E-state index in [1.54, 1.807) is 7.11 Å². The predicted molar refractivity (Wildman–Crippen MR) is 83.0 cm³/mol. The molecule has 1 saturated heterocycles. The standard InChI is InChI=1S/C16H23N3O2/c1-21-15-8-3-2-7-14(15)18-9-11-19(12-10-18)16(20)17-13-5-4-6-13/h2-3,7-8,13H,4-6,9-12H2,1H3,(H,17,20). The number of anilines is 1. The minimum atomic E-state index is 0.0966. The Morgan fingerprint density at radius 3 is 2.52 bits per heavy atom. The zero-order chi connectivity index (χ0) is 14.7. The summed E-state index contributed by atoms with van der Waals surface area (Å²) < 4.78 is 5.41. The van der Waals surface area contributed by atoms with Crippen molar-refractivity contribution in [3.8, 4) is 5.75 Å².